The molecule has 1 saturated heterocycles. The van der Waals surface area contributed by atoms with E-state index in [1.807, 2.05) is 25.1 Å². The summed E-state index contributed by atoms with van der Waals surface area (Å²) < 4.78 is 16.4. The molecule has 0 aromatic heterocycles. The summed E-state index contributed by atoms with van der Waals surface area (Å²) in [4.78, 5) is 7.17. The number of halogens is 1. The van der Waals surface area contributed by atoms with Crippen LogP contribution >= 0.6 is 24.0 Å². The Hall–Kier alpha value is -1.06. The van der Waals surface area contributed by atoms with E-state index in [9.17, 15) is 0 Å². The van der Waals surface area contributed by atoms with Gasteiger partial charge in [0.2, 0.25) is 0 Å². The summed E-state index contributed by atoms with van der Waals surface area (Å²) in [6.45, 7) is 10.3. The third kappa shape index (κ3) is 8.23. The van der Waals surface area contributed by atoms with Gasteiger partial charge in [-0.15, -0.1) is 24.0 Å². The van der Waals surface area contributed by atoms with Crippen molar-refractivity contribution in [3.63, 3.8) is 0 Å². The third-order valence-electron chi connectivity index (χ3n) is 4.38. The summed E-state index contributed by atoms with van der Waals surface area (Å²) in [6, 6.07) is 8.11. The molecule has 1 fully saturated rings. The summed E-state index contributed by atoms with van der Waals surface area (Å²) in [5.41, 5.74) is 1.11. The molecule has 0 bridgehead atoms. The molecule has 2 rings (SSSR count). The molecule has 0 aliphatic carbocycles. The Morgan fingerprint density at radius 2 is 2.07 bits per heavy atom. The van der Waals surface area contributed by atoms with E-state index < -0.39 is 0 Å². The van der Waals surface area contributed by atoms with Gasteiger partial charge in [-0.1, -0.05) is 18.2 Å². The summed E-state index contributed by atoms with van der Waals surface area (Å²) in [7, 11) is 1.70. The number of guanidine groups is 1. The van der Waals surface area contributed by atoms with Gasteiger partial charge in [0, 0.05) is 38.2 Å². The van der Waals surface area contributed by atoms with Crippen LogP contribution in [0.15, 0.2) is 29.3 Å². The van der Waals surface area contributed by atoms with Crippen molar-refractivity contribution in [2.24, 2.45) is 10.9 Å². The van der Waals surface area contributed by atoms with Crippen LogP contribution in [0.2, 0.25) is 0 Å². The zero-order chi connectivity index (χ0) is 18.6. The van der Waals surface area contributed by atoms with Crippen LogP contribution < -0.4 is 10.1 Å². The molecule has 1 N–H and O–H groups in total. The van der Waals surface area contributed by atoms with Gasteiger partial charge in [-0.3, -0.25) is 0 Å². The highest BCUT2D eigenvalue weighted by atomic mass is 127. The number of nitrogens with one attached hydrogen (secondary N) is 1. The van der Waals surface area contributed by atoms with E-state index in [1.165, 1.54) is 0 Å². The number of ether oxygens (including phenoxy) is 3. The summed E-state index contributed by atoms with van der Waals surface area (Å²) >= 11 is 0. The zero-order valence-electron chi connectivity index (χ0n) is 16.8. The third-order valence-corrected chi connectivity index (χ3v) is 4.38. The van der Waals surface area contributed by atoms with Crippen molar-refractivity contribution < 1.29 is 14.2 Å². The number of methoxy groups -OCH3 is 1. The van der Waals surface area contributed by atoms with Gasteiger partial charge in [-0.25, -0.2) is 4.99 Å². The van der Waals surface area contributed by atoms with Gasteiger partial charge < -0.3 is 24.4 Å². The zero-order valence-corrected chi connectivity index (χ0v) is 19.1. The van der Waals surface area contributed by atoms with E-state index in [4.69, 9.17) is 19.2 Å². The number of hydrogen-bond acceptors (Lipinski definition) is 4. The first-order valence-corrected chi connectivity index (χ1v) is 9.59. The van der Waals surface area contributed by atoms with E-state index >= 15 is 0 Å². The number of likely N-dealkylation sites (tertiary alicyclic amines) is 1. The van der Waals surface area contributed by atoms with Gasteiger partial charge >= 0.3 is 0 Å². The first-order valence-electron chi connectivity index (χ1n) is 9.59. The highest BCUT2D eigenvalue weighted by Crippen LogP contribution is 2.20. The van der Waals surface area contributed by atoms with E-state index in [1.54, 1.807) is 7.11 Å². The fraction of sp³-hybridized carbons (Fsp3) is 0.650. The van der Waals surface area contributed by atoms with Crippen LogP contribution in [0.1, 0.15) is 25.8 Å². The van der Waals surface area contributed by atoms with Crippen molar-refractivity contribution >= 4 is 29.9 Å². The maximum Gasteiger partial charge on any atom is 0.194 e. The molecule has 0 amide bonds. The monoisotopic (exact) mass is 491 g/mol. The summed E-state index contributed by atoms with van der Waals surface area (Å²) in [6.07, 6.45) is 1.13. The molecule has 6 nitrogen and oxygen atoms in total. The van der Waals surface area contributed by atoms with Crippen LogP contribution in [0, 0.1) is 5.92 Å². The van der Waals surface area contributed by atoms with Crippen molar-refractivity contribution in [3.05, 3.63) is 29.8 Å². The number of aliphatic imine (C=N–C) groups is 1. The first-order chi connectivity index (χ1) is 12.8. The van der Waals surface area contributed by atoms with Crippen LogP contribution in [0.4, 0.5) is 0 Å². The standard InChI is InChI=1S/C20H33N3O3.HI/c1-4-21-20(22-14-18-8-6-7-9-19(18)26-5-2)23-11-10-17(15-23)16-25-13-12-24-3;/h6-9,17H,4-5,10-16H2,1-3H3,(H,21,22);1H. The minimum absolute atomic E-state index is 0. The Balaban J connectivity index is 0.00000364. The van der Waals surface area contributed by atoms with Gasteiger partial charge in [0.25, 0.3) is 0 Å². The largest absolute Gasteiger partial charge is 0.494 e. The van der Waals surface area contributed by atoms with Gasteiger partial charge in [0.1, 0.15) is 5.75 Å². The number of nitrogens with zero attached hydrogens (tertiary/aromatic N) is 2. The fourth-order valence-corrected chi connectivity index (χ4v) is 3.07. The van der Waals surface area contributed by atoms with Gasteiger partial charge in [-0.2, -0.15) is 0 Å². The number of hydrogen-bond donors (Lipinski definition) is 1. The molecule has 1 heterocycles. The molecule has 1 aliphatic rings. The van der Waals surface area contributed by atoms with Crippen molar-refractivity contribution in [2.75, 3.05) is 53.2 Å². The SMILES string of the molecule is CCNC(=NCc1ccccc1OCC)N1CCC(COCCOC)C1.I. The second-order valence-electron chi connectivity index (χ2n) is 6.38. The molecule has 7 heteroatoms. The van der Waals surface area contributed by atoms with E-state index in [2.05, 4.69) is 23.2 Å². The van der Waals surface area contributed by atoms with Gasteiger partial charge in [-0.05, 0) is 26.3 Å². The minimum Gasteiger partial charge on any atom is -0.494 e. The molecular weight excluding hydrogens is 457 g/mol. The van der Waals surface area contributed by atoms with Crippen molar-refractivity contribution in [2.45, 2.75) is 26.8 Å². The molecule has 1 unspecified atom stereocenters. The van der Waals surface area contributed by atoms with Crippen LogP contribution in [0.3, 0.4) is 0 Å². The van der Waals surface area contributed by atoms with E-state index in [-0.39, 0.29) is 24.0 Å². The Bertz CT molecular complexity index is 557. The molecule has 1 aromatic carbocycles. The van der Waals surface area contributed by atoms with Crippen molar-refractivity contribution in [1.29, 1.82) is 0 Å². The predicted molar refractivity (Wildman–Crippen MR) is 120 cm³/mol. The second-order valence-corrected chi connectivity index (χ2v) is 6.38. The van der Waals surface area contributed by atoms with Crippen LogP contribution in [-0.2, 0) is 16.0 Å². The molecular formula is C20H34IN3O3. The molecule has 154 valence electrons. The quantitative estimate of drug-likeness (QED) is 0.236. The second kappa shape index (κ2) is 14.0. The van der Waals surface area contributed by atoms with E-state index in [0.29, 0.717) is 32.3 Å². The van der Waals surface area contributed by atoms with Crippen LogP contribution in [0.5, 0.6) is 5.75 Å². The van der Waals surface area contributed by atoms with Crippen molar-refractivity contribution in [1.82, 2.24) is 10.2 Å². The molecule has 27 heavy (non-hydrogen) atoms. The number of para-hydroxylation sites is 1. The lowest BCUT2D eigenvalue weighted by Gasteiger charge is -2.22. The average Bonchev–Trinajstić information content (AvgIpc) is 3.12. The molecule has 1 aliphatic heterocycles. The number of benzene rings is 1. The summed E-state index contributed by atoms with van der Waals surface area (Å²) in [5, 5.41) is 3.42. The summed E-state index contributed by atoms with van der Waals surface area (Å²) in [5.74, 6) is 2.44. The average molecular weight is 491 g/mol. The predicted octanol–water partition coefficient (Wildman–Crippen LogP) is 3.15. The molecule has 1 aromatic rings. The topological polar surface area (TPSA) is 55.3 Å². The lowest BCUT2D eigenvalue weighted by molar-refractivity contribution is 0.0536. The van der Waals surface area contributed by atoms with Crippen LogP contribution in [0.25, 0.3) is 0 Å². The molecule has 0 radical (unpaired) electrons. The lowest BCUT2D eigenvalue weighted by atomic mass is 10.1. The highest BCUT2D eigenvalue weighted by Gasteiger charge is 2.25. The highest BCUT2D eigenvalue weighted by molar-refractivity contribution is 14.0. The maximum absolute atomic E-state index is 5.71. The van der Waals surface area contributed by atoms with Gasteiger partial charge in [0.05, 0.1) is 33.0 Å². The molecule has 0 spiro atoms. The first kappa shape index (κ1) is 24.0. The van der Waals surface area contributed by atoms with E-state index in [0.717, 1.165) is 49.9 Å². The Morgan fingerprint density at radius 1 is 1.26 bits per heavy atom. The molecule has 1 atom stereocenters. The maximum atomic E-state index is 5.71. The lowest BCUT2D eigenvalue weighted by Crippen LogP contribution is -2.40. The minimum atomic E-state index is 0. The smallest absolute Gasteiger partial charge is 0.194 e. The van der Waals surface area contributed by atoms with Crippen molar-refractivity contribution in [3.8, 4) is 5.75 Å². The fourth-order valence-electron chi connectivity index (χ4n) is 3.07. The Morgan fingerprint density at radius 3 is 2.81 bits per heavy atom. The molecule has 0 saturated carbocycles. The Labute approximate surface area is 180 Å². The van der Waals surface area contributed by atoms with Gasteiger partial charge in [0.15, 0.2) is 5.96 Å². The number of rotatable bonds is 10. The normalized spacial score (nSPS) is 16.9. The van der Waals surface area contributed by atoms with Crippen LogP contribution in [-0.4, -0.2) is 64.0 Å². The Kier molecular flexibility index (Phi) is 12.4.